The van der Waals surface area contributed by atoms with Gasteiger partial charge in [-0.2, -0.15) is 0 Å². The van der Waals surface area contributed by atoms with Gasteiger partial charge in [0.15, 0.2) is 0 Å². The van der Waals surface area contributed by atoms with Crippen LogP contribution >= 0.6 is 22.9 Å². The molecule has 0 atom stereocenters. The van der Waals surface area contributed by atoms with Gasteiger partial charge in [0.25, 0.3) is 0 Å². The van der Waals surface area contributed by atoms with E-state index in [2.05, 4.69) is 0 Å². The van der Waals surface area contributed by atoms with Gasteiger partial charge in [-0.25, -0.2) is 0 Å². The van der Waals surface area contributed by atoms with Crippen molar-refractivity contribution in [3.63, 3.8) is 0 Å². The summed E-state index contributed by atoms with van der Waals surface area (Å²) in [7, 11) is 1.78. The van der Waals surface area contributed by atoms with Crippen molar-refractivity contribution >= 4 is 28.8 Å². The quantitative estimate of drug-likeness (QED) is 0.547. The van der Waals surface area contributed by atoms with Gasteiger partial charge in [-0.3, -0.25) is 7.91 Å². The lowest BCUT2D eigenvalue weighted by Crippen LogP contribution is -2.32. The van der Waals surface area contributed by atoms with E-state index >= 15 is 0 Å². The summed E-state index contributed by atoms with van der Waals surface area (Å²) in [4.78, 5) is 11.3. The van der Waals surface area contributed by atoms with Crippen molar-refractivity contribution in [3.05, 3.63) is 0 Å². The molecule has 0 saturated carbocycles. The number of rotatable bonds is 2. The summed E-state index contributed by atoms with van der Waals surface area (Å²) in [5.41, 5.74) is -0.198. The Hall–Kier alpha value is 0.200. The van der Waals surface area contributed by atoms with E-state index in [1.54, 1.807) is 10.2 Å². The molecule has 0 aliphatic heterocycles. The molecule has 60 valence electrons. The van der Waals surface area contributed by atoms with Crippen LogP contribution in [0.5, 0.6) is 0 Å². The van der Waals surface area contributed by atoms with Crippen LogP contribution in [-0.4, -0.2) is 16.1 Å². The SMILES string of the molecule is CCC(C)(C)C(=O)N(C)I. The number of nitrogens with zero attached hydrogens (tertiary/aromatic N) is 1. The largest absolute Gasteiger partial charge is 0.288 e. The summed E-state index contributed by atoms with van der Waals surface area (Å²) in [6, 6.07) is 0. The highest BCUT2D eigenvalue weighted by Crippen LogP contribution is 2.23. The maximum atomic E-state index is 11.3. The molecule has 0 bridgehead atoms. The summed E-state index contributed by atoms with van der Waals surface area (Å²) in [6.07, 6.45) is 0.888. The Labute approximate surface area is 76.5 Å². The first-order valence-corrected chi connectivity index (χ1v) is 4.32. The van der Waals surface area contributed by atoms with Gasteiger partial charge in [-0.05, 0) is 6.42 Å². The van der Waals surface area contributed by atoms with Crippen LogP contribution in [0, 0.1) is 5.41 Å². The summed E-state index contributed by atoms with van der Waals surface area (Å²) in [5.74, 6) is 0.190. The van der Waals surface area contributed by atoms with Gasteiger partial charge in [0.2, 0.25) is 5.91 Å². The van der Waals surface area contributed by atoms with Crippen molar-refractivity contribution in [2.45, 2.75) is 27.2 Å². The van der Waals surface area contributed by atoms with Crippen LogP contribution in [0.15, 0.2) is 0 Å². The molecule has 2 nitrogen and oxygen atoms in total. The topological polar surface area (TPSA) is 20.3 Å². The second-order valence-electron chi connectivity index (χ2n) is 3.02. The number of amides is 1. The van der Waals surface area contributed by atoms with Crippen molar-refractivity contribution in [2.24, 2.45) is 5.41 Å². The maximum Gasteiger partial charge on any atom is 0.236 e. The van der Waals surface area contributed by atoms with Crippen molar-refractivity contribution < 1.29 is 4.79 Å². The second kappa shape index (κ2) is 3.55. The summed E-state index contributed by atoms with van der Waals surface area (Å²) in [6.45, 7) is 5.95. The zero-order valence-electron chi connectivity index (χ0n) is 6.94. The van der Waals surface area contributed by atoms with Crippen LogP contribution in [0.1, 0.15) is 27.2 Å². The van der Waals surface area contributed by atoms with Crippen LogP contribution in [-0.2, 0) is 4.79 Å². The van der Waals surface area contributed by atoms with Gasteiger partial charge in [0, 0.05) is 12.5 Å². The van der Waals surface area contributed by atoms with E-state index in [4.69, 9.17) is 0 Å². The highest BCUT2D eigenvalue weighted by atomic mass is 127. The molecule has 0 fully saturated rings. The molecule has 0 unspecified atom stereocenters. The van der Waals surface area contributed by atoms with Gasteiger partial charge in [-0.15, -0.1) is 0 Å². The zero-order chi connectivity index (χ0) is 8.36. The molecular weight excluding hydrogens is 241 g/mol. The fourth-order valence-corrected chi connectivity index (χ4v) is 1.22. The number of carbonyl (C=O) groups excluding carboxylic acids is 1. The van der Waals surface area contributed by atoms with Gasteiger partial charge in [0.05, 0.1) is 22.9 Å². The van der Waals surface area contributed by atoms with Crippen molar-refractivity contribution in [2.75, 3.05) is 7.05 Å². The Morgan fingerprint density at radius 3 is 2.10 bits per heavy atom. The van der Waals surface area contributed by atoms with E-state index in [9.17, 15) is 4.79 Å². The number of hydrogen-bond acceptors (Lipinski definition) is 1. The number of carbonyl (C=O) groups is 1. The van der Waals surface area contributed by atoms with E-state index in [0.29, 0.717) is 0 Å². The second-order valence-corrected chi connectivity index (χ2v) is 4.47. The summed E-state index contributed by atoms with van der Waals surface area (Å²) in [5, 5.41) is 0. The lowest BCUT2D eigenvalue weighted by atomic mass is 9.89. The van der Waals surface area contributed by atoms with Gasteiger partial charge >= 0.3 is 0 Å². The highest BCUT2D eigenvalue weighted by molar-refractivity contribution is 14.1. The standard InChI is InChI=1S/C7H14INO/c1-5-7(2,3)6(10)9(4)8/h5H2,1-4H3. The number of hydrogen-bond donors (Lipinski definition) is 0. The minimum Gasteiger partial charge on any atom is -0.288 e. The van der Waals surface area contributed by atoms with Gasteiger partial charge < -0.3 is 0 Å². The first-order valence-electron chi connectivity index (χ1n) is 3.35. The molecule has 10 heavy (non-hydrogen) atoms. The maximum absolute atomic E-state index is 11.3. The Balaban J connectivity index is 4.19. The predicted molar refractivity (Wildman–Crippen MR) is 50.9 cm³/mol. The molecule has 0 aromatic rings. The van der Waals surface area contributed by atoms with E-state index in [1.165, 1.54) is 0 Å². The average Bonchev–Trinajstić information content (AvgIpc) is 1.86. The first-order chi connectivity index (χ1) is 4.41. The Morgan fingerprint density at radius 1 is 1.60 bits per heavy atom. The van der Waals surface area contributed by atoms with Crippen LogP contribution in [0.4, 0.5) is 0 Å². The van der Waals surface area contributed by atoms with E-state index in [-0.39, 0.29) is 11.3 Å². The molecular formula is C7H14INO. The van der Waals surface area contributed by atoms with E-state index < -0.39 is 0 Å². The molecule has 0 rings (SSSR count). The fourth-order valence-electron chi connectivity index (χ4n) is 0.568. The van der Waals surface area contributed by atoms with Crippen molar-refractivity contribution in [1.82, 2.24) is 3.11 Å². The lowest BCUT2D eigenvalue weighted by molar-refractivity contribution is -0.133. The molecule has 0 N–H and O–H groups in total. The van der Waals surface area contributed by atoms with Crippen LogP contribution in [0.3, 0.4) is 0 Å². The Morgan fingerprint density at radius 2 is 2.00 bits per heavy atom. The average molecular weight is 255 g/mol. The fraction of sp³-hybridized carbons (Fsp3) is 0.857. The Bertz CT molecular complexity index is 132. The first kappa shape index (κ1) is 10.2. The third-order valence-corrected chi connectivity index (χ3v) is 2.18. The van der Waals surface area contributed by atoms with E-state index in [1.807, 2.05) is 43.6 Å². The van der Waals surface area contributed by atoms with Crippen LogP contribution in [0.2, 0.25) is 0 Å². The smallest absolute Gasteiger partial charge is 0.236 e. The molecule has 0 aliphatic rings. The third-order valence-electron chi connectivity index (χ3n) is 1.74. The minimum absolute atomic E-state index is 0.190. The molecule has 0 saturated heterocycles. The lowest BCUT2D eigenvalue weighted by Gasteiger charge is -2.23. The molecule has 0 radical (unpaired) electrons. The van der Waals surface area contributed by atoms with E-state index in [0.717, 1.165) is 6.42 Å². The summed E-state index contributed by atoms with van der Waals surface area (Å²) >= 11 is 2.00. The van der Waals surface area contributed by atoms with Crippen molar-refractivity contribution in [3.8, 4) is 0 Å². The zero-order valence-corrected chi connectivity index (χ0v) is 9.10. The highest BCUT2D eigenvalue weighted by Gasteiger charge is 2.27. The molecule has 0 spiro atoms. The van der Waals surface area contributed by atoms with Gasteiger partial charge in [0.1, 0.15) is 0 Å². The predicted octanol–water partition coefficient (Wildman–Crippen LogP) is 2.23. The monoisotopic (exact) mass is 255 g/mol. The molecule has 0 aliphatic carbocycles. The third kappa shape index (κ3) is 2.44. The van der Waals surface area contributed by atoms with Crippen LogP contribution in [0.25, 0.3) is 0 Å². The van der Waals surface area contributed by atoms with Gasteiger partial charge in [-0.1, -0.05) is 20.8 Å². The number of halogens is 1. The molecule has 0 aromatic carbocycles. The molecule has 3 heteroatoms. The normalized spacial score (nSPS) is 11.3. The minimum atomic E-state index is -0.198. The molecule has 0 heterocycles. The van der Waals surface area contributed by atoms with Crippen molar-refractivity contribution in [1.29, 1.82) is 0 Å². The summed E-state index contributed by atoms with van der Waals surface area (Å²) < 4.78 is 1.61. The molecule has 0 aromatic heterocycles. The molecule has 1 amide bonds. The Kier molecular flexibility index (Phi) is 3.62. The van der Waals surface area contributed by atoms with Crippen LogP contribution < -0.4 is 0 Å².